The first kappa shape index (κ1) is 19.6. The topological polar surface area (TPSA) is 101 Å². The minimum Gasteiger partial charge on any atom is -0.368 e. The molecule has 2 heterocycles. The molecule has 7 nitrogen and oxygen atoms in total. The number of nitrogens with one attached hydrogen (secondary N) is 1. The number of piperidine rings is 1. The Hall–Kier alpha value is -2.13. The first-order valence-electron chi connectivity index (χ1n) is 8.84. The summed E-state index contributed by atoms with van der Waals surface area (Å²) in [6.45, 7) is 4.71. The van der Waals surface area contributed by atoms with E-state index in [4.69, 9.17) is 5.73 Å². The minimum absolute atomic E-state index is 0.0808. The maximum absolute atomic E-state index is 12.5. The molecule has 0 unspecified atom stereocenters. The van der Waals surface area contributed by atoms with Gasteiger partial charge in [-0.05, 0) is 50.3 Å². The van der Waals surface area contributed by atoms with E-state index in [1.54, 1.807) is 4.90 Å². The van der Waals surface area contributed by atoms with E-state index in [-0.39, 0.29) is 11.7 Å². The van der Waals surface area contributed by atoms with Crippen LogP contribution < -0.4 is 11.1 Å². The zero-order chi connectivity index (χ0) is 19.4. The van der Waals surface area contributed by atoms with Gasteiger partial charge in [0.05, 0.1) is 5.75 Å². The first-order valence-corrected chi connectivity index (χ1v) is 10.6. The summed E-state index contributed by atoms with van der Waals surface area (Å²) in [6, 6.07) is 5.57. The average molecular weight is 406 g/mol. The number of carbonyl (C=O) groups excluding carboxylic acids is 2. The van der Waals surface area contributed by atoms with E-state index in [0.29, 0.717) is 22.4 Å². The quantitative estimate of drug-likeness (QED) is 0.717. The van der Waals surface area contributed by atoms with Crippen LogP contribution in [0.1, 0.15) is 30.4 Å². The number of thioether (sulfide) groups is 1. The normalized spacial score (nSPS) is 17.0. The lowest BCUT2D eigenvalue weighted by atomic mass is 10.0. The van der Waals surface area contributed by atoms with E-state index in [9.17, 15) is 9.59 Å². The fourth-order valence-corrected chi connectivity index (χ4v) is 4.70. The monoisotopic (exact) mass is 405 g/mol. The van der Waals surface area contributed by atoms with Crippen LogP contribution in [0.25, 0.3) is 0 Å². The highest BCUT2D eigenvalue weighted by atomic mass is 32.2. The summed E-state index contributed by atoms with van der Waals surface area (Å²) >= 11 is 2.74. The van der Waals surface area contributed by atoms with E-state index in [2.05, 4.69) is 35.4 Å². The number of likely N-dealkylation sites (tertiary alicyclic amines) is 1. The number of rotatable bonds is 6. The molecule has 0 spiro atoms. The molecular weight excluding hydrogens is 382 g/mol. The predicted octanol–water partition coefficient (Wildman–Crippen LogP) is 2.86. The smallest absolute Gasteiger partial charge is 0.240 e. The number of primary amides is 1. The molecule has 1 atom stereocenters. The molecule has 0 bridgehead atoms. The van der Waals surface area contributed by atoms with Crippen molar-refractivity contribution in [1.82, 2.24) is 15.1 Å². The molecule has 1 fully saturated rings. The Balaban J connectivity index is 1.58. The van der Waals surface area contributed by atoms with Gasteiger partial charge in [-0.1, -0.05) is 35.2 Å². The highest BCUT2D eigenvalue weighted by Crippen LogP contribution is 2.30. The third-order valence-electron chi connectivity index (χ3n) is 4.72. The number of carbonyl (C=O) groups is 2. The first-order chi connectivity index (χ1) is 13.0. The molecule has 0 radical (unpaired) electrons. The molecule has 27 heavy (non-hydrogen) atoms. The number of aryl methyl sites for hydroxylation is 1. The Kier molecular flexibility index (Phi) is 6.33. The van der Waals surface area contributed by atoms with Gasteiger partial charge in [0, 0.05) is 12.2 Å². The van der Waals surface area contributed by atoms with Crippen molar-refractivity contribution in [1.29, 1.82) is 0 Å². The lowest BCUT2D eigenvalue weighted by molar-refractivity contribution is -0.138. The molecule has 144 valence electrons. The summed E-state index contributed by atoms with van der Waals surface area (Å²) in [6.07, 6.45) is 2.48. The van der Waals surface area contributed by atoms with Gasteiger partial charge >= 0.3 is 0 Å². The van der Waals surface area contributed by atoms with Gasteiger partial charge in [0.1, 0.15) is 6.04 Å². The van der Waals surface area contributed by atoms with E-state index in [1.807, 2.05) is 12.1 Å². The third kappa shape index (κ3) is 4.78. The van der Waals surface area contributed by atoms with Crippen molar-refractivity contribution in [3.8, 4) is 0 Å². The fourth-order valence-electron chi connectivity index (χ4n) is 3.05. The summed E-state index contributed by atoms with van der Waals surface area (Å²) in [5, 5.41) is 12.3. The third-order valence-corrected chi connectivity index (χ3v) is 6.68. The van der Waals surface area contributed by atoms with Crippen LogP contribution in [-0.2, 0) is 9.59 Å². The van der Waals surface area contributed by atoms with Gasteiger partial charge in [0.15, 0.2) is 4.34 Å². The number of nitrogens with two attached hydrogens (primary N) is 1. The molecule has 3 N–H and O–H groups in total. The summed E-state index contributed by atoms with van der Waals surface area (Å²) in [5.41, 5.74) is 8.80. The number of nitrogens with zero attached hydrogens (tertiary/aromatic N) is 3. The Labute approximate surface area is 166 Å². The van der Waals surface area contributed by atoms with Gasteiger partial charge in [-0.2, -0.15) is 0 Å². The maximum Gasteiger partial charge on any atom is 0.240 e. The number of amides is 2. The SMILES string of the molecule is Cc1cccc(Nc2nnc(SCC(=O)N3CCCC[C@@H]3C(N)=O)s2)c1C. The highest BCUT2D eigenvalue weighted by molar-refractivity contribution is 8.01. The van der Waals surface area contributed by atoms with Crippen LogP contribution in [0, 0.1) is 13.8 Å². The van der Waals surface area contributed by atoms with Gasteiger partial charge in [0.2, 0.25) is 16.9 Å². The summed E-state index contributed by atoms with van der Waals surface area (Å²) in [4.78, 5) is 25.7. The zero-order valence-electron chi connectivity index (χ0n) is 15.4. The van der Waals surface area contributed by atoms with Crippen molar-refractivity contribution in [2.24, 2.45) is 5.73 Å². The van der Waals surface area contributed by atoms with Gasteiger partial charge in [-0.25, -0.2) is 0 Å². The Bertz CT molecular complexity index is 839. The van der Waals surface area contributed by atoms with Crippen molar-refractivity contribution in [2.75, 3.05) is 17.6 Å². The van der Waals surface area contributed by atoms with Crippen LogP contribution in [0.2, 0.25) is 0 Å². The largest absolute Gasteiger partial charge is 0.368 e. The second kappa shape index (κ2) is 8.71. The lowest BCUT2D eigenvalue weighted by Gasteiger charge is -2.33. The maximum atomic E-state index is 12.5. The molecule has 1 aliphatic rings. The van der Waals surface area contributed by atoms with Crippen LogP contribution >= 0.6 is 23.1 Å². The second-order valence-corrected chi connectivity index (χ2v) is 8.74. The molecule has 1 saturated heterocycles. The molecule has 0 saturated carbocycles. The van der Waals surface area contributed by atoms with Gasteiger partial charge in [-0.3, -0.25) is 9.59 Å². The van der Waals surface area contributed by atoms with Crippen LogP contribution in [0.5, 0.6) is 0 Å². The zero-order valence-corrected chi connectivity index (χ0v) is 17.0. The Morgan fingerprint density at radius 1 is 1.33 bits per heavy atom. The molecule has 2 aromatic rings. The Morgan fingerprint density at radius 2 is 2.15 bits per heavy atom. The van der Waals surface area contributed by atoms with Crippen LogP contribution in [0.4, 0.5) is 10.8 Å². The fraction of sp³-hybridized carbons (Fsp3) is 0.444. The summed E-state index contributed by atoms with van der Waals surface area (Å²) in [5.74, 6) is -0.284. The molecule has 1 aromatic heterocycles. The summed E-state index contributed by atoms with van der Waals surface area (Å²) < 4.78 is 0.712. The van der Waals surface area contributed by atoms with E-state index < -0.39 is 11.9 Å². The number of benzene rings is 1. The highest BCUT2D eigenvalue weighted by Gasteiger charge is 2.30. The minimum atomic E-state index is -0.484. The van der Waals surface area contributed by atoms with Crippen molar-refractivity contribution in [3.05, 3.63) is 29.3 Å². The van der Waals surface area contributed by atoms with Crippen LogP contribution in [0.15, 0.2) is 22.5 Å². The van der Waals surface area contributed by atoms with Crippen molar-refractivity contribution in [3.63, 3.8) is 0 Å². The van der Waals surface area contributed by atoms with Crippen molar-refractivity contribution < 1.29 is 9.59 Å². The molecular formula is C18H23N5O2S2. The van der Waals surface area contributed by atoms with Gasteiger partial charge in [-0.15, -0.1) is 10.2 Å². The van der Waals surface area contributed by atoms with Gasteiger partial charge < -0.3 is 16.0 Å². The Morgan fingerprint density at radius 3 is 2.93 bits per heavy atom. The van der Waals surface area contributed by atoms with Crippen molar-refractivity contribution >= 4 is 45.7 Å². The van der Waals surface area contributed by atoms with E-state index >= 15 is 0 Å². The molecule has 0 aliphatic carbocycles. The molecule has 9 heteroatoms. The van der Waals surface area contributed by atoms with Crippen LogP contribution in [-0.4, -0.2) is 45.3 Å². The molecule has 3 rings (SSSR count). The standard InChI is InChI=1S/C18H23N5O2S2/c1-11-6-5-7-13(12(11)2)20-17-21-22-18(27-17)26-10-15(24)23-9-4-3-8-14(23)16(19)25/h5-7,14H,3-4,8-10H2,1-2H3,(H2,19,25)(H,20,21)/t14-/m1/s1. The molecule has 2 amide bonds. The number of anilines is 2. The molecule has 1 aromatic carbocycles. The number of hydrogen-bond acceptors (Lipinski definition) is 7. The van der Waals surface area contributed by atoms with E-state index in [1.165, 1.54) is 34.2 Å². The lowest BCUT2D eigenvalue weighted by Crippen LogP contribution is -2.51. The average Bonchev–Trinajstić information content (AvgIpc) is 3.11. The van der Waals surface area contributed by atoms with Crippen molar-refractivity contribution in [2.45, 2.75) is 43.5 Å². The number of hydrogen-bond donors (Lipinski definition) is 2. The summed E-state index contributed by atoms with van der Waals surface area (Å²) in [7, 11) is 0. The second-order valence-electron chi connectivity index (χ2n) is 6.54. The van der Waals surface area contributed by atoms with E-state index in [0.717, 1.165) is 18.5 Å². The molecule has 1 aliphatic heterocycles. The predicted molar refractivity (Wildman–Crippen MR) is 108 cm³/mol. The van der Waals surface area contributed by atoms with Crippen LogP contribution in [0.3, 0.4) is 0 Å². The van der Waals surface area contributed by atoms with Gasteiger partial charge in [0.25, 0.3) is 0 Å². The number of aromatic nitrogens is 2.